The van der Waals surface area contributed by atoms with Gasteiger partial charge in [0.1, 0.15) is 5.82 Å². The lowest BCUT2D eigenvalue weighted by atomic mass is 9.89. The van der Waals surface area contributed by atoms with E-state index < -0.39 is 35.5 Å². The Balaban J connectivity index is 3.38. The second kappa shape index (κ2) is 11.7. The van der Waals surface area contributed by atoms with E-state index in [0.717, 1.165) is 0 Å². The zero-order chi connectivity index (χ0) is 22.0. The molecule has 0 radical (unpaired) electrons. The van der Waals surface area contributed by atoms with Crippen LogP contribution < -0.4 is 5.32 Å². The van der Waals surface area contributed by atoms with E-state index in [1.54, 1.807) is 33.1 Å². The van der Waals surface area contributed by atoms with Gasteiger partial charge in [0.25, 0.3) is 0 Å². The van der Waals surface area contributed by atoms with Crippen LogP contribution in [-0.2, 0) is 28.7 Å². The van der Waals surface area contributed by atoms with Crippen LogP contribution in [0.3, 0.4) is 0 Å². The van der Waals surface area contributed by atoms with E-state index in [4.69, 9.17) is 9.47 Å². The predicted molar refractivity (Wildman–Crippen MR) is 108 cm³/mol. The lowest BCUT2D eigenvalue weighted by Gasteiger charge is -2.19. The SMILES string of the molecule is C=C/C=C(\N=CC)NC1CCC(=O)C(C(C(=O)OCC)C(=O)OCC)=C(C)C1=O. The second-order valence-corrected chi connectivity index (χ2v) is 6.17. The zero-order valence-corrected chi connectivity index (χ0v) is 17.3. The first-order valence-corrected chi connectivity index (χ1v) is 9.51. The fraction of sp³-hybridized carbons (Fsp3) is 0.476. The highest BCUT2D eigenvalue weighted by Crippen LogP contribution is 2.27. The maximum Gasteiger partial charge on any atom is 0.325 e. The summed E-state index contributed by atoms with van der Waals surface area (Å²) in [6.07, 6.45) is 4.83. The van der Waals surface area contributed by atoms with Crippen LogP contribution in [0.1, 0.15) is 40.5 Å². The zero-order valence-electron chi connectivity index (χ0n) is 17.3. The molecular formula is C21H28N2O6. The van der Waals surface area contributed by atoms with Gasteiger partial charge in [-0.05, 0) is 40.2 Å². The van der Waals surface area contributed by atoms with Gasteiger partial charge in [0, 0.05) is 23.8 Å². The first kappa shape index (κ1) is 24.0. The van der Waals surface area contributed by atoms with Crippen LogP contribution in [0, 0.1) is 5.92 Å². The van der Waals surface area contributed by atoms with Gasteiger partial charge in [-0.15, -0.1) is 0 Å². The molecule has 8 nitrogen and oxygen atoms in total. The Morgan fingerprint density at radius 3 is 2.31 bits per heavy atom. The Morgan fingerprint density at radius 2 is 1.83 bits per heavy atom. The number of carbonyl (C=O) groups is 4. The number of carbonyl (C=O) groups excluding carboxylic acids is 4. The molecule has 29 heavy (non-hydrogen) atoms. The topological polar surface area (TPSA) is 111 Å². The largest absolute Gasteiger partial charge is 0.465 e. The van der Waals surface area contributed by atoms with Crippen molar-refractivity contribution in [2.75, 3.05) is 13.2 Å². The highest BCUT2D eigenvalue weighted by Gasteiger charge is 2.41. The molecule has 0 fully saturated rings. The minimum atomic E-state index is -1.58. The summed E-state index contributed by atoms with van der Waals surface area (Å²) in [6, 6.07) is -0.739. The van der Waals surface area contributed by atoms with Crippen LogP contribution >= 0.6 is 0 Å². The summed E-state index contributed by atoms with van der Waals surface area (Å²) in [5.41, 5.74) is -0.126. The number of nitrogens with zero attached hydrogens (tertiary/aromatic N) is 1. The number of esters is 2. The molecule has 1 aliphatic carbocycles. The minimum Gasteiger partial charge on any atom is -0.465 e. The van der Waals surface area contributed by atoms with Crippen molar-refractivity contribution in [3.05, 3.63) is 35.7 Å². The van der Waals surface area contributed by atoms with Crippen molar-refractivity contribution in [2.24, 2.45) is 10.9 Å². The molecular weight excluding hydrogens is 376 g/mol. The van der Waals surface area contributed by atoms with E-state index in [1.807, 2.05) is 0 Å². The highest BCUT2D eigenvalue weighted by atomic mass is 16.6. The van der Waals surface area contributed by atoms with Crippen molar-refractivity contribution in [3.8, 4) is 0 Å². The van der Waals surface area contributed by atoms with Crippen LogP contribution in [0.5, 0.6) is 0 Å². The fourth-order valence-corrected chi connectivity index (χ4v) is 3.00. The molecule has 8 heteroatoms. The molecule has 1 rings (SSSR count). The van der Waals surface area contributed by atoms with Crippen molar-refractivity contribution < 1.29 is 28.7 Å². The maximum absolute atomic E-state index is 13.0. The molecule has 0 saturated heterocycles. The van der Waals surface area contributed by atoms with E-state index in [2.05, 4.69) is 16.9 Å². The van der Waals surface area contributed by atoms with Crippen molar-refractivity contribution in [1.29, 1.82) is 0 Å². The summed E-state index contributed by atoms with van der Waals surface area (Å²) in [5.74, 6) is -3.84. The number of Topliss-reactive ketones (excluding diaryl/α,β-unsaturated/α-hetero) is 2. The van der Waals surface area contributed by atoms with Gasteiger partial charge < -0.3 is 14.8 Å². The molecule has 0 aromatic heterocycles. The van der Waals surface area contributed by atoms with E-state index >= 15 is 0 Å². The summed E-state index contributed by atoms with van der Waals surface area (Å²) in [6.45, 7) is 9.99. The number of ketones is 2. The van der Waals surface area contributed by atoms with E-state index in [-0.39, 0.29) is 37.2 Å². The molecule has 0 spiro atoms. The molecule has 1 N–H and O–H groups in total. The summed E-state index contributed by atoms with van der Waals surface area (Å²) in [7, 11) is 0. The molecule has 0 heterocycles. The monoisotopic (exact) mass is 404 g/mol. The quantitative estimate of drug-likeness (QED) is 0.271. The standard InChI is InChI=1S/C21H28N2O6/c1-6-10-16(22-7-2)23-14-11-12-15(24)17(13(5)19(14)25)18(20(26)28-8-3)21(27)29-9-4/h6-7,10,14,18,23H,1,8-9,11-12H2,2-5H3/b16-10+,22-7?. The van der Waals surface area contributed by atoms with Crippen molar-refractivity contribution in [2.45, 2.75) is 46.6 Å². The van der Waals surface area contributed by atoms with Crippen LogP contribution in [0.2, 0.25) is 0 Å². The van der Waals surface area contributed by atoms with E-state index in [9.17, 15) is 19.2 Å². The van der Waals surface area contributed by atoms with Gasteiger partial charge in [-0.3, -0.25) is 19.2 Å². The average molecular weight is 404 g/mol. The molecule has 1 unspecified atom stereocenters. The third kappa shape index (κ3) is 6.23. The molecule has 0 amide bonds. The molecule has 0 aromatic rings. The smallest absolute Gasteiger partial charge is 0.325 e. The first-order chi connectivity index (χ1) is 13.8. The Labute approximate surface area is 170 Å². The third-order valence-corrected chi connectivity index (χ3v) is 4.25. The molecule has 0 bridgehead atoms. The fourth-order valence-electron chi connectivity index (χ4n) is 3.00. The number of hydrogen-bond acceptors (Lipinski definition) is 8. The van der Waals surface area contributed by atoms with Crippen LogP contribution in [0.25, 0.3) is 0 Å². The van der Waals surface area contributed by atoms with Gasteiger partial charge in [0.05, 0.1) is 19.3 Å². The first-order valence-electron chi connectivity index (χ1n) is 9.51. The lowest BCUT2D eigenvalue weighted by Crippen LogP contribution is -2.36. The summed E-state index contributed by atoms with van der Waals surface area (Å²) >= 11 is 0. The number of ether oxygens (including phenoxy) is 2. The summed E-state index contributed by atoms with van der Waals surface area (Å²) < 4.78 is 9.92. The van der Waals surface area contributed by atoms with Crippen LogP contribution in [0.15, 0.2) is 40.7 Å². The average Bonchev–Trinajstić information content (AvgIpc) is 2.76. The van der Waals surface area contributed by atoms with Gasteiger partial charge in [0.2, 0.25) is 0 Å². The molecule has 0 saturated carbocycles. The van der Waals surface area contributed by atoms with Gasteiger partial charge in [-0.2, -0.15) is 0 Å². The van der Waals surface area contributed by atoms with Gasteiger partial charge in [-0.25, -0.2) is 4.99 Å². The Hall–Kier alpha value is -3.03. The van der Waals surface area contributed by atoms with Crippen molar-refractivity contribution >= 4 is 29.7 Å². The Bertz CT molecular complexity index is 745. The summed E-state index contributed by atoms with van der Waals surface area (Å²) in [4.78, 5) is 54.8. The van der Waals surface area contributed by atoms with E-state index in [1.165, 1.54) is 13.0 Å². The number of allylic oxidation sites excluding steroid dienone is 2. The Morgan fingerprint density at radius 1 is 1.24 bits per heavy atom. The summed E-state index contributed by atoms with van der Waals surface area (Å²) in [5, 5.41) is 2.99. The minimum absolute atomic E-state index is 0.0252. The van der Waals surface area contributed by atoms with Gasteiger partial charge in [-0.1, -0.05) is 12.7 Å². The normalized spacial score (nSPS) is 18.1. The van der Waals surface area contributed by atoms with Gasteiger partial charge >= 0.3 is 11.9 Å². The highest BCUT2D eigenvalue weighted by molar-refractivity contribution is 6.16. The number of nitrogens with one attached hydrogen (secondary N) is 1. The van der Waals surface area contributed by atoms with Crippen molar-refractivity contribution in [1.82, 2.24) is 5.32 Å². The second-order valence-electron chi connectivity index (χ2n) is 6.17. The molecule has 0 aliphatic heterocycles. The third-order valence-electron chi connectivity index (χ3n) is 4.25. The number of rotatable bonds is 9. The molecule has 0 aromatic carbocycles. The molecule has 158 valence electrons. The van der Waals surface area contributed by atoms with Crippen LogP contribution in [0.4, 0.5) is 0 Å². The predicted octanol–water partition coefficient (Wildman–Crippen LogP) is 2.05. The molecule has 1 atom stereocenters. The van der Waals surface area contributed by atoms with E-state index in [0.29, 0.717) is 5.82 Å². The maximum atomic E-state index is 13.0. The van der Waals surface area contributed by atoms with Crippen LogP contribution in [-0.4, -0.2) is 49.0 Å². The Kier molecular flexibility index (Phi) is 9.71. The molecule has 1 aliphatic rings. The lowest BCUT2D eigenvalue weighted by molar-refractivity contribution is -0.160. The van der Waals surface area contributed by atoms with Gasteiger partial charge in [0.15, 0.2) is 17.5 Å². The van der Waals surface area contributed by atoms with Crippen molar-refractivity contribution in [3.63, 3.8) is 0 Å². The number of hydrogen-bond donors (Lipinski definition) is 1. The number of aliphatic imine (C=N–C) groups is 1.